The van der Waals surface area contributed by atoms with Gasteiger partial charge in [-0.2, -0.15) is 0 Å². The molecule has 2 aromatic heterocycles. The van der Waals surface area contributed by atoms with Gasteiger partial charge in [0, 0.05) is 7.05 Å². The minimum Gasteiger partial charge on any atom is -0.480 e. The fraction of sp³-hybridized carbons (Fsp3) is 0.294. The predicted molar refractivity (Wildman–Crippen MR) is 110 cm³/mol. The maximum atomic E-state index is 12.5. The molecule has 11 nitrogen and oxygen atoms in total. The van der Waals surface area contributed by atoms with Crippen molar-refractivity contribution in [3.05, 3.63) is 50.7 Å². The summed E-state index contributed by atoms with van der Waals surface area (Å²) in [5, 5.41) is 14.0. The van der Waals surface area contributed by atoms with Crippen molar-refractivity contribution in [1.29, 1.82) is 0 Å². The topological polar surface area (TPSA) is 170 Å². The van der Waals surface area contributed by atoms with Crippen LogP contribution >= 0.6 is 11.8 Å². The fourth-order valence-corrected chi connectivity index (χ4v) is 4.31. The Balaban J connectivity index is 2.16. The number of aryl methyl sites for hydroxylation is 1. The number of carboxylic acid groups (broad SMARTS) is 1. The molecule has 0 spiro atoms. The maximum Gasteiger partial charge on any atom is 0.329 e. The second-order valence-electron chi connectivity index (χ2n) is 6.51. The molecule has 1 atom stereocenters. The number of carboxylic acids is 1. The summed E-state index contributed by atoms with van der Waals surface area (Å²) >= 11 is 0.967. The minimum atomic E-state index is -3.85. The van der Waals surface area contributed by atoms with Gasteiger partial charge in [0.05, 0.1) is 11.4 Å². The quantitative estimate of drug-likeness (QED) is 0.422. The van der Waals surface area contributed by atoms with Crippen LogP contribution in [0.3, 0.4) is 0 Å². The molecule has 0 aliphatic heterocycles. The number of thioether (sulfide) groups is 1. The molecule has 0 saturated carbocycles. The standard InChI is InChI=1S/C17H19N5O6S2/c1-3-11(15(24)25)29-17-19-13-12(14(23)20-16(26)21(13)2)22(17)8-9-4-6-10(7-5-9)30(18,27)28/h4-7,11H,3,8H2,1-2H3,(H,24,25)(H2,18,27,28)(H,20,23,26). The molecule has 0 bridgehead atoms. The fourth-order valence-electron chi connectivity index (χ4n) is 2.85. The van der Waals surface area contributed by atoms with Gasteiger partial charge in [0.2, 0.25) is 10.0 Å². The summed E-state index contributed by atoms with van der Waals surface area (Å²) < 4.78 is 25.6. The summed E-state index contributed by atoms with van der Waals surface area (Å²) in [6, 6.07) is 5.74. The maximum absolute atomic E-state index is 12.5. The number of hydrogen-bond donors (Lipinski definition) is 3. The highest BCUT2D eigenvalue weighted by Crippen LogP contribution is 2.28. The number of rotatable bonds is 7. The summed E-state index contributed by atoms with van der Waals surface area (Å²) in [6.07, 6.45) is 0.321. The van der Waals surface area contributed by atoms with Crippen LogP contribution < -0.4 is 16.4 Å². The number of benzene rings is 1. The lowest BCUT2D eigenvalue weighted by molar-refractivity contribution is -0.136. The molecule has 1 unspecified atom stereocenters. The van der Waals surface area contributed by atoms with Crippen molar-refractivity contribution in [3.63, 3.8) is 0 Å². The van der Waals surface area contributed by atoms with Gasteiger partial charge in [-0.25, -0.2) is 23.3 Å². The van der Waals surface area contributed by atoms with E-state index in [-0.39, 0.29) is 27.8 Å². The van der Waals surface area contributed by atoms with Crippen molar-refractivity contribution < 1.29 is 18.3 Å². The number of aliphatic carboxylic acids is 1. The Morgan fingerprint density at radius 2 is 1.93 bits per heavy atom. The molecule has 0 saturated heterocycles. The van der Waals surface area contributed by atoms with E-state index in [0.29, 0.717) is 12.0 Å². The lowest BCUT2D eigenvalue weighted by Crippen LogP contribution is -2.29. The minimum absolute atomic E-state index is 0.0616. The molecule has 1 aromatic carbocycles. The molecule has 2 heterocycles. The van der Waals surface area contributed by atoms with Crippen LogP contribution in [-0.4, -0.2) is 43.8 Å². The zero-order chi connectivity index (χ0) is 22.2. The van der Waals surface area contributed by atoms with E-state index in [1.807, 2.05) is 0 Å². The molecule has 3 aromatic rings. The number of nitrogens with one attached hydrogen (secondary N) is 1. The second kappa shape index (κ2) is 8.08. The number of aromatic amines is 1. The van der Waals surface area contributed by atoms with Gasteiger partial charge < -0.3 is 9.67 Å². The normalized spacial score (nSPS) is 12.9. The zero-order valence-electron chi connectivity index (χ0n) is 16.0. The lowest BCUT2D eigenvalue weighted by atomic mass is 10.2. The van der Waals surface area contributed by atoms with Crippen molar-refractivity contribution in [3.8, 4) is 0 Å². The van der Waals surface area contributed by atoms with Gasteiger partial charge in [-0.1, -0.05) is 30.8 Å². The van der Waals surface area contributed by atoms with Crippen LogP contribution in [0.5, 0.6) is 0 Å². The van der Waals surface area contributed by atoms with Crippen LogP contribution in [0.4, 0.5) is 0 Å². The first-order valence-corrected chi connectivity index (χ1v) is 11.2. The van der Waals surface area contributed by atoms with Crippen molar-refractivity contribution in [2.45, 2.75) is 35.2 Å². The molecule has 4 N–H and O–H groups in total. The van der Waals surface area contributed by atoms with Crippen LogP contribution in [0.25, 0.3) is 11.2 Å². The molecular weight excluding hydrogens is 434 g/mol. The average molecular weight is 454 g/mol. The number of H-pyrrole nitrogens is 1. The molecule has 0 aliphatic carbocycles. The Morgan fingerprint density at radius 3 is 2.47 bits per heavy atom. The highest BCUT2D eigenvalue weighted by Gasteiger charge is 2.24. The van der Waals surface area contributed by atoms with E-state index in [1.54, 1.807) is 6.92 Å². The summed E-state index contributed by atoms with van der Waals surface area (Å²) in [7, 11) is -2.41. The van der Waals surface area contributed by atoms with Crippen LogP contribution in [-0.2, 0) is 28.4 Å². The van der Waals surface area contributed by atoms with E-state index < -0.39 is 32.5 Å². The van der Waals surface area contributed by atoms with Crippen LogP contribution in [0, 0.1) is 0 Å². The Morgan fingerprint density at radius 1 is 1.30 bits per heavy atom. The number of imidazole rings is 1. The lowest BCUT2D eigenvalue weighted by Gasteiger charge is -2.12. The smallest absolute Gasteiger partial charge is 0.329 e. The number of aromatic nitrogens is 4. The summed E-state index contributed by atoms with van der Waals surface area (Å²) in [6.45, 7) is 1.81. The van der Waals surface area contributed by atoms with E-state index in [0.717, 1.165) is 11.8 Å². The van der Waals surface area contributed by atoms with Gasteiger partial charge in [0.25, 0.3) is 5.56 Å². The number of hydrogen-bond acceptors (Lipinski definition) is 7. The van der Waals surface area contributed by atoms with Crippen molar-refractivity contribution in [2.75, 3.05) is 0 Å². The van der Waals surface area contributed by atoms with Gasteiger partial charge in [-0.05, 0) is 24.1 Å². The Hall–Kier alpha value is -2.90. The van der Waals surface area contributed by atoms with E-state index >= 15 is 0 Å². The molecule has 0 fully saturated rings. The van der Waals surface area contributed by atoms with Gasteiger partial charge in [-0.3, -0.25) is 19.1 Å². The van der Waals surface area contributed by atoms with Gasteiger partial charge >= 0.3 is 11.7 Å². The Bertz CT molecular complexity index is 1340. The van der Waals surface area contributed by atoms with Crippen molar-refractivity contribution in [1.82, 2.24) is 19.1 Å². The van der Waals surface area contributed by atoms with Crippen molar-refractivity contribution >= 4 is 38.9 Å². The van der Waals surface area contributed by atoms with Gasteiger partial charge in [0.15, 0.2) is 16.3 Å². The summed E-state index contributed by atoms with van der Waals surface area (Å²) in [5.74, 6) is -1.03. The molecule has 30 heavy (non-hydrogen) atoms. The monoisotopic (exact) mass is 453 g/mol. The molecule has 3 rings (SSSR count). The third-order valence-corrected chi connectivity index (χ3v) is 6.73. The predicted octanol–water partition coefficient (Wildman–Crippen LogP) is 0.0743. The largest absolute Gasteiger partial charge is 0.480 e. The van der Waals surface area contributed by atoms with E-state index in [9.17, 15) is 27.9 Å². The summed E-state index contributed by atoms with van der Waals surface area (Å²) in [5.41, 5.74) is -0.448. The van der Waals surface area contributed by atoms with Crippen LogP contribution in [0.1, 0.15) is 18.9 Å². The molecule has 160 valence electrons. The van der Waals surface area contributed by atoms with E-state index in [1.165, 1.54) is 40.4 Å². The van der Waals surface area contributed by atoms with Crippen LogP contribution in [0.2, 0.25) is 0 Å². The molecule has 0 radical (unpaired) electrons. The number of sulfonamides is 1. The average Bonchev–Trinajstić information content (AvgIpc) is 3.02. The number of nitrogens with zero attached hydrogens (tertiary/aromatic N) is 3. The number of fused-ring (bicyclic) bond motifs is 1. The SMILES string of the molecule is CCC(Sc1nc2c(c(=O)[nH]c(=O)n2C)n1Cc1ccc(S(N)(=O)=O)cc1)C(=O)O. The zero-order valence-corrected chi connectivity index (χ0v) is 17.7. The Labute approximate surface area is 174 Å². The van der Waals surface area contributed by atoms with Gasteiger partial charge in [-0.15, -0.1) is 0 Å². The second-order valence-corrected chi connectivity index (χ2v) is 9.24. The van der Waals surface area contributed by atoms with Crippen LogP contribution in [0.15, 0.2) is 43.9 Å². The first-order valence-electron chi connectivity index (χ1n) is 8.73. The highest BCUT2D eigenvalue weighted by molar-refractivity contribution is 8.00. The first-order chi connectivity index (χ1) is 14.0. The third-order valence-electron chi connectivity index (χ3n) is 4.46. The van der Waals surface area contributed by atoms with Gasteiger partial charge in [0.1, 0.15) is 5.25 Å². The summed E-state index contributed by atoms with van der Waals surface area (Å²) in [4.78, 5) is 42.4. The molecule has 0 amide bonds. The Kier molecular flexibility index (Phi) is 5.87. The molecule has 13 heteroatoms. The van der Waals surface area contributed by atoms with E-state index in [4.69, 9.17) is 5.14 Å². The molecule has 0 aliphatic rings. The van der Waals surface area contributed by atoms with E-state index in [2.05, 4.69) is 9.97 Å². The number of carbonyl (C=O) groups is 1. The number of primary sulfonamides is 1. The molecular formula is C17H19N5O6S2. The third kappa shape index (κ3) is 4.17. The highest BCUT2D eigenvalue weighted by atomic mass is 32.2. The first kappa shape index (κ1) is 21.8. The number of nitrogens with two attached hydrogens (primary N) is 1. The van der Waals surface area contributed by atoms with Crippen molar-refractivity contribution in [2.24, 2.45) is 12.2 Å².